The van der Waals surface area contributed by atoms with Gasteiger partial charge in [0.2, 0.25) is 0 Å². The summed E-state index contributed by atoms with van der Waals surface area (Å²) in [4.78, 5) is 0. The Kier molecular flexibility index (Phi) is 5.70. The van der Waals surface area contributed by atoms with Crippen molar-refractivity contribution in [2.45, 2.75) is 26.1 Å². The maximum absolute atomic E-state index is 12.2. The molecule has 0 bridgehead atoms. The van der Waals surface area contributed by atoms with Gasteiger partial charge in [0.25, 0.3) is 0 Å². The summed E-state index contributed by atoms with van der Waals surface area (Å²) in [6, 6.07) is 3.70. The summed E-state index contributed by atoms with van der Waals surface area (Å²) in [7, 11) is 0. The van der Waals surface area contributed by atoms with Crippen molar-refractivity contribution in [3.63, 3.8) is 0 Å². The number of hydrogen-bond acceptors (Lipinski definition) is 3. The zero-order valence-corrected chi connectivity index (χ0v) is 9.41. The van der Waals surface area contributed by atoms with Crippen molar-refractivity contribution in [1.29, 1.82) is 0 Å². The van der Waals surface area contributed by atoms with Gasteiger partial charge in [0, 0.05) is 6.07 Å². The van der Waals surface area contributed by atoms with E-state index in [1.54, 1.807) is 0 Å². The highest BCUT2D eigenvalue weighted by Crippen LogP contribution is 2.28. The lowest BCUT2D eigenvalue weighted by Crippen LogP contribution is -2.08. The lowest BCUT2D eigenvalue weighted by atomic mass is 10.1. The second kappa shape index (κ2) is 7.05. The van der Waals surface area contributed by atoms with Crippen molar-refractivity contribution >= 4 is 0 Å². The number of alkyl halides is 4. The molecule has 7 heteroatoms. The summed E-state index contributed by atoms with van der Waals surface area (Å²) in [6.07, 6.45) is 1.00. The molecule has 102 valence electrons. The minimum absolute atomic E-state index is 0.170. The molecule has 0 fully saturated rings. The van der Waals surface area contributed by atoms with Crippen LogP contribution in [0.25, 0.3) is 0 Å². The molecule has 0 heterocycles. The Bertz CT molecular complexity index is 374. The second-order valence-electron chi connectivity index (χ2n) is 3.42. The Morgan fingerprint density at radius 3 is 2.28 bits per heavy atom. The Morgan fingerprint density at radius 1 is 1.06 bits per heavy atom. The fourth-order valence-corrected chi connectivity index (χ4v) is 1.42. The zero-order chi connectivity index (χ0) is 13.5. The second-order valence-corrected chi connectivity index (χ2v) is 3.42. The molecule has 0 aliphatic heterocycles. The number of nitrogens with two attached hydrogens (primary N) is 1. The summed E-state index contributed by atoms with van der Waals surface area (Å²) < 4.78 is 56.7. The van der Waals surface area contributed by atoms with E-state index >= 15 is 0 Å². The molecule has 18 heavy (non-hydrogen) atoms. The third kappa shape index (κ3) is 4.79. The standard InChI is InChI=1S/C11H13F4NO2/c12-10(13)17-8-4-3-7(2-1-5-16)9(6-8)18-11(14)15/h3-4,6,10-11H,1-2,5,16H2. The van der Waals surface area contributed by atoms with Gasteiger partial charge in [-0.25, -0.2) is 0 Å². The van der Waals surface area contributed by atoms with Crippen molar-refractivity contribution < 1.29 is 27.0 Å². The molecule has 0 radical (unpaired) electrons. The number of halogens is 4. The van der Waals surface area contributed by atoms with E-state index < -0.39 is 13.2 Å². The minimum Gasteiger partial charge on any atom is -0.435 e. The topological polar surface area (TPSA) is 44.5 Å². The molecular formula is C11H13F4NO2. The molecule has 1 aromatic rings. The maximum atomic E-state index is 12.2. The summed E-state index contributed by atoms with van der Waals surface area (Å²) in [5.74, 6) is -0.395. The average Bonchev–Trinajstić information content (AvgIpc) is 2.26. The Labute approximate surface area is 101 Å². The highest BCUT2D eigenvalue weighted by atomic mass is 19.3. The molecule has 0 amide bonds. The molecule has 1 aromatic carbocycles. The zero-order valence-electron chi connectivity index (χ0n) is 9.41. The van der Waals surface area contributed by atoms with Crippen LogP contribution in [0.5, 0.6) is 11.5 Å². The van der Waals surface area contributed by atoms with E-state index in [9.17, 15) is 17.6 Å². The van der Waals surface area contributed by atoms with Gasteiger partial charge in [0.1, 0.15) is 11.5 Å². The van der Waals surface area contributed by atoms with Gasteiger partial charge in [-0.15, -0.1) is 0 Å². The van der Waals surface area contributed by atoms with E-state index in [0.29, 0.717) is 24.9 Å². The monoisotopic (exact) mass is 267 g/mol. The van der Waals surface area contributed by atoms with Gasteiger partial charge in [-0.3, -0.25) is 0 Å². The normalized spacial score (nSPS) is 11.1. The van der Waals surface area contributed by atoms with E-state index in [1.165, 1.54) is 12.1 Å². The SMILES string of the molecule is NCCCc1ccc(OC(F)F)cc1OC(F)F. The molecule has 0 atom stereocenters. The first-order chi connectivity index (χ1) is 8.52. The van der Waals surface area contributed by atoms with E-state index in [0.717, 1.165) is 6.07 Å². The van der Waals surface area contributed by atoms with Gasteiger partial charge in [0.05, 0.1) is 0 Å². The summed E-state index contributed by atoms with van der Waals surface area (Å²) in [5.41, 5.74) is 5.79. The van der Waals surface area contributed by atoms with Crippen molar-refractivity contribution in [3.05, 3.63) is 23.8 Å². The van der Waals surface area contributed by atoms with Crippen LogP contribution in [-0.4, -0.2) is 19.8 Å². The van der Waals surface area contributed by atoms with Gasteiger partial charge >= 0.3 is 13.2 Å². The van der Waals surface area contributed by atoms with Crippen molar-refractivity contribution in [3.8, 4) is 11.5 Å². The van der Waals surface area contributed by atoms with E-state index in [2.05, 4.69) is 9.47 Å². The van der Waals surface area contributed by atoms with Gasteiger partial charge in [-0.2, -0.15) is 17.6 Å². The number of ether oxygens (including phenoxy) is 2. The van der Waals surface area contributed by atoms with Crippen LogP contribution >= 0.6 is 0 Å². The number of rotatable bonds is 7. The molecular weight excluding hydrogens is 254 g/mol. The number of hydrogen-bond donors (Lipinski definition) is 1. The smallest absolute Gasteiger partial charge is 0.387 e. The molecule has 0 aliphatic carbocycles. The van der Waals surface area contributed by atoms with Gasteiger partial charge in [-0.05, 0) is 31.0 Å². The fourth-order valence-electron chi connectivity index (χ4n) is 1.42. The Morgan fingerprint density at radius 2 is 1.72 bits per heavy atom. The molecule has 1 rings (SSSR count). The minimum atomic E-state index is -3.02. The predicted octanol–water partition coefficient (Wildman–Crippen LogP) is 2.78. The first-order valence-electron chi connectivity index (χ1n) is 5.25. The first kappa shape index (κ1) is 14.6. The predicted molar refractivity (Wildman–Crippen MR) is 57.1 cm³/mol. The van der Waals surface area contributed by atoms with E-state index in [1.807, 2.05) is 0 Å². The van der Waals surface area contributed by atoms with Gasteiger partial charge in [-0.1, -0.05) is 6.07 Å². The van der Waals surface area contributed by atoms with Crippen LogP contribution in [0.4, 0.5) is 17.6 Å². The van der Waals surface area contributed by atoms with E-state index in [-0.39, 0.29) is 11.5 Å². The summed E-state index contributed by atoms with van der Waals surface area (Å²) in [6.45, 7) is -5.65. The van der Waals surface area contributed by atoms with Crippen molar-refractivity contribution in [2.75, 3.05) is 6.54 Å². The molecule has 2 N–H and O–H groups in total. The van der Waals surface area contributed by atoms with Crippen LogP contribution in [-0.2, 0) is 6.42 Å². The van der Waals surface area contributed by atoms with Crippen LogP contribution in [0.15, 0.2) is 18.2 Å². The molecule has 0 aromatic heterocycles. The van der Waals surface area contributed by atoms with Crippen LogP contribution in [0.2, 0.25) is 0 Å². The quantitative estimate of drug-likeness (QED) is 0.772. The lowest BCUT2D eigenvalue weighted by molar-refractivity contribution is -0.0546. The van der Waals surface area contributed by atoms with Crippen LogP contribution in [0.1, 0.15) is 12.0 Å². The van der Waals surface area contributed by atoms with Crippen LogP contribution < -0.4 is 15.2 Å². The Balaban J connectivity index is 2.88. The summed E-state index contributed by atoms with van der Waals surface area (Å²) >= 11 is 0. The summed E-state index contributed by atoms with van der Waals surface area (Å²) in [5, 5.41) is 0. The molecule has 3 nitrogen and oxygen atoms in total. The highest BCUT2D eigenvalue weighted by molar-refractivity contribution is 5.41. The molecule has 0 aliphatic rings. The van der Waals surface area contributed by atoms with Crippen molar-refractivity contribution in [1.82, 2.24) is 0 Å². The molecule has 0 unspecified atom stereocenters. The van der Waals surface area contributed by atoms with Crippen LogP contribution in [0.3, 0.4) is 0 Å². The van der Waals surface area contributed by atoms with Gasteiger partial charge in [0.15, 0.2) is 0 Å². The molecule has 0 saturated carbocycles. The van der Waals surface area contributed by atoms with E-state index in [4.69, 9.17) is 5.73 Å². The highest BCUT2D eigenvalue weighted by Gasteiger charge is 2.13. The maximum Gasteiger partial charge on any atom is 0.387 e. The lowest BCUT2D eigenvalue weighted by Gasteiger charge is -2.12. The molecule has 0 spiro atoms. The molecule has 0 saturated heterocycles. The largest absolute Gasteiger partial charge is 0.435 e. The van der Waals surface area contributed by atoms with Crippen LogP contribution in [0, 0.1) is 0 Å². The number of aryl methyl sites for hydroxylation is 1. The number of benzene rings is 1. The average molecular weight is 267 g/mol. The van der Waals surface area contributed by atoms with Crippen molar-refractivity contribution in [2.24, 2.45) is 5.73 Å². The Hall–Kier alpha value is -1.50. The fraction of sp³-hybridized carbons (Fsp3) is 0.455. The third-order valence-electron chi connectivity index (χ3n) is 2.13. The van der Waals surface area contributed by atoms with Gasteiger partial charge < -0.3 is 15.2 Å². The third-order valence-corrected chi connectivity index (χ3v) is 2.13. The first-order valence-corrected chi connectivity index (χ1v) is 5.25.